The Morgan fingerprint density at radius 2 is 2.18 bits per heavy atom. The third-order valence-corrected chi connectivity index (χ3v) is 4.15. The van der Waals surface area contributed by atoms with Crippen LogP contribution in [0.4, 0.5) is 0 Å². The summed E-state index contributed by atoms with van der Waals surface area (Å²) >= 11 is 0. The maximum atomic E-state index is 5.88. The number of hydrogen-bond donors (Lipinski definition) is 1. The van der Waals surface area contributed by atoms with Crippen molar-refractivity contribution in [2.75, 3.05) is 0 Å². The smallest absolute Gasteiger partial charge is 0.247 e. The fourth-order valence-corrected chi connectivity index (χ4v) is 2.82. The van der Waals surface area contributed by atoms with Crippen LogP contribution >= 0.6 is 0 Å². The molecule has 1 aromatic carbocycles. The number of aryl methyl sites for hydroxylation is 1. The second-order valence-corrected chi connectivity index (χ2v) is 5.77. The van der Waals surface area contributed by atoms with Crippen molar-refractivity contribution in [2.24, 2.45) is 0 Å². The molecule has 22 heavy (non-hydrogen) atoms. The average Bonchev–Trinajstić information content (AvgIpc) is 3.22. The second kappa shape index (κ2) is 5.06. The van der Waals surface area contributed by atoms with Crippen LogP contribution in [0.3, 0.4) is 0 Å². The van der Waals surface area contributed by atoms with Crippen molar-refractivity contribution in [1.29, 1.82) is 0 Å². The van der Waals surface area contributed by atoms with E-state index in [9.17, 15) is 0 Å². The molecule has 0 saturated heterocycles. The topological polar surface area (TPSA) is 70.8 Å². The Morgan fingerprint density at radius 1 is 1.27 bits per heavy atom. The van der Waals surface area contributed by atoms with Crippen LogP contribution in [0.25, 0.3) is 11.5 Å². The Bertz CT molecular complexity index is 786. The van der Waals surface area contributed by atoms with E-state index in [0.29, 0.717) is 11.8 Å². The van der Waals surface area contributed by atoms with Crippen molar-refractivity contribution in [3.05, 3.63) is 53.2 Å². The number of aromatic nitrogens is 4. The van der Waals surface area contributed by atoms with E-state index < -0.39 is 0 Å². The van der Waals surface area contributed by atoms with Crippen LogP contribution in [0.2, 0.25) is 0 Å². The highest BCUT2D eigenvalue weighted by Crippen LogP contribution is 2.30. The summed E-state index contributed by atoms with van der Waals surface area (Å²) in [6, 6.07) is 8.16. The number of benzene rings is 1. The third kappa shape index (κ3) is 2.21. The molecular weight excluding hydrogens is 278 g/mol. The zero-order chi connectivity index (χ0) is 15.1. The van der Waals surface area contributed by atoms with Gasteiger partial charge in [0.05, 0.1) is 17.9 Å². The van der Waals surface area contributed by atoms with Gasteiger partial charge < -0.3 is 4.42 Å². The van der Waals surface area contributed by atoms with E-state index in [1.54, 1.807) is 0 Å². The monoisotopic (exact) mass is 295 g/mol. The summed E-state index contributed by atoms with van der Waals surface area (Å²) in [7, 11) is 0. The number of H-pyrrole nitrogens is 1. The lowest BCUT2D eigenvalue weighted by atomic mass is 10.1. The van der Waals surface area contributed by atoms with Gasteiger partial charge in [0, 0.05) is 24.2 Å². The maximum Gasteiger partial charge on any atom is 0.247 e. The molecule has 3 aromatic rings. The van der Waals surface area contributed by atoms with E-state index in [0.717, 1.165) is 18.7 Å². The van der Waals surface area contributed by atoms with Crippen LogP contribution in [-0.4, -0.2) is 25.3 Å². The zero-order valence-electron chi connectivity index (χ0n) is 12.6. The fourth-order valence-electron chi connectivity index (χ4n) is 2.82. The van der Waals surface area contributed by atoms with Crippen molar-refractivity contribution < 1.29 is 4.42 Å². The molecule has 2 aromatic heterocycles. The quantitative estimate of drug-likeness (QED) is 0.804. The number of rotatable bonds is 3. The van der Waals surface area contributed by atoms with Gasteiger partial charge in [0.2, 0.25) is 11.8 Å². The molecule has 0 saturated carbocycles. The summed E-state index contributed by atoms with van der Waals surface area (Å²) in [6.45, 7) is 5.83. The van der Waals surface area contributed by atoms with Gasteiger partial charge in [-0.25, -0.2) is 0 Å². The van der Waals surface area contributed by atoms with Gasteiger partial charge in [0.15, 0.2) is 0 Å². The molecule has 1 unspecified atom stereocenters. The van der Waals surface area contributed by atoms with Crippen molar-refractivity contribution in [3.63, 3.8) is 0 Å². The summed E-state index contributed by atoms with van der Waals surface area (Å²) < 4.78 is 5.88. The Hall–Kier alpha value is -2.47. The van der Waals surface area contributed by atoms with Crippen LogP contribution in [0, 0.1) is 6.92 Å². The molecule has 0 aliphatic carbocycles. The van der Waals surface area contributed by atoms with Crippen LogP contribution in [0.15, 0.2) is 34.9 Å². The average molecular weight is 295 g/mol. The molecule has 1 N–H and O–H groups in total. The minimum atomic E-state index is 0.0758. The Kier molecular flexibility index (Phi) is 3.04. The predicted molar refractivity (Wildman–Crippen MR) is 80.7 cm³/mol. The minimum Gasteiger partial charge on any atom is -0.419 e. The Balaban J connectivity index is 1.55. The Labute approximate surface area is 128 Å². The van der Waals surface area contributed by atoms with Crippen molar-refractivity contribution in [3.8, 4) is 11.5 Å². The zero-order valence-corrected chi connectivity index (χ0v) is 12.6. The van der Waals surface area contributed by atoms with Crippen LogP contribution in [0.1, 0.15) is 35.7 Å². The lowest BCUT2D eigenvalue weighted by Gasteiger charge is -2.20. The summed E-state index contributed by atoms with van der Waals surface area (Å²) in [5.74, 6) is 1.22. The normalized spacial score (nSPS) is 15.9. The molecule has 1 aliphatic rings. The molecule has 0 spiro atoms. The highest BCUT2D eigenvalue weighted by molar-refractivity contribution is 5.53. The molecule has 0 amide bonds. The summed E-state index contributed by atoms with van der Waals surface area (Å²) in [6.07, 6.45) is 1.88. The van der Waals surface area contributed by atoms with E-state index in [4.69, 9.17) is 4.42 Å². The number of nitrogens with one attached hydrogen (secondary N) is 1. The fraction of sp³-hybridized carbons (Fsp3) is 0.312. The van der Waals surface area contributed by atoms with E-state index in [-0.39, 0.29) is 6.04 Å². The van der Waals surface area contributed by atoms with E-state index in [2.05, 4.69) is 45.2 Å². The molecule has 112 valence electrons. The predicted octanol–water partition coefficient (Wildman–Crippen LogP) is 2.84. The summed E-state index contributed by atoms with van der Waals surface area (Å²) in [4.78, 5) is 2.29. The third-order valence-electron chi connectivity index (χ3n) is 4.15. The first-order valence-corrected chi connectivity index (χ1v) is 7.36. The molecular formula is C16H17N5O. The van der Waals surface area contributed by atoms with E-state index in [1.165, 1.54) is 16.8 Å². The van der Waals surface area contributed by atoms with Crippen molar-refractivity contribution >= 4 is 0 Å². The van der Waals surface area contributed by atoms with Crippen molar-refractivity contribution in [2.45, 2.75) is 33.0 Å². The molecule has 0 bridgehead atoms. The van der Waals surface area contributed by atoms with Gasteiger partial charge in [0.1, 0.15) is 0 Å². The number of nitrogens with zero attached hydrogens (tertiary/aromatic N) is 4. The minimum absolute atomic E-state index is 0.0758. The van der Waals surface area contributed by atoms with Crippen LogP contribution in [0.5, 0.6) is 0 Å². The molecule has 1 atom stereocenters. The molecule has 6 heteroatoms. The molecule has 0 radical (unpaired) electrons. The standard InChI is InChI=1S/C16H17N5O/c1-10-4-3-5-12(6-10)16-20-19-15(22-16)11(2)21-8-13-7-17-18-14(13)9-21/h3-7,11H,8-9H2,1-2H3,(H,17,18). The SMILES string of the molecule is Cc1cccc(-c2nnc(C(C)N3Cc4cn[nH]c4C3)o2)c1. The number of fused-ring (bicyclic) bond motifs is 1. The van der Waals surface area contributed by atoms with Crippen molar-refractivity contribution in [1.82, 2.24) is 25.3 Å². The first-order valence-electron chi connectivity index (χ1n) is 7.36. The maximum absolute atomic E-state index is 5.88. The van der Waals surface area contributed by atoms with Gasteiger partial charge in [0.25, 0.3) is 0 Å². The lowest BCUT2D eigenvalue weighted by molar-refractivity contribution is 0.183. The Morgan fingerprint density at radius 3 is 3.00 bits per heavy atom. The summed E-state index contributed by atoms with van der Waals surface area (Å²) in [5.41, 5.74) is 4.55. The van der Waals surface area contributed by atoms with Crippen LogP contribution in [-0.2, 0) is 13.1 Å². The van der Waals surface area contributed by atoms with E-state index >= 15 is 0 Å². The first-order chi connectivity index (χ1) is 10.7. The van der Waals surface area contributed by atoms with Crippen LogP contribution < -0.4 is 0 Å². The van der Waals surface area contributed by atoms with Gasteiger partial charge in [-0.05, 0) is 26.0 Å². The van der Waals surface area contributed by atoms with Gasteiger partial charge in [-0.2, -0.15) is 5.10 Å². The van der Waals surface area contributed by atoms with Gasteiger partial charge >= 0.3 is 0 Å². The molecule has 0 fully saturated rings. The van der Waals surface area contributed by atoms with E-state index in [1.807, 2.05) is 24.4 Å². The largest absolute Gasteiger partial charge is 0.419 e. The number of aromatic amines is 1. The lowest BCUT2D eigenvalue weighted by Crippen LogP contribution is -2.21. The van der Waals surface area contributed by atoms with Gasteiger partial charge in [-0.1, -0.05) is 17.7 Å². The molecule has 6 nitrogen and oxygen atoms in total. The summed E-state index contributed by atoms with van der Waals surface area (Å²) in [5, 5.41) is 15.5. The molecule has 4 rings (SSSR count). The van der Waals surface area contributed by atoms with Gasteiger partial charge in [-0.3, -0.25) is 10.00 Å². The number of hydrogen-bond acceptors (Lipinski definition) is 5. The van der Waals surface area contributed by atoms with Gasteiger partial charge in [-0.15, -0.1) is 10.2 Å². The highest BCUT2D eigenvalue weighted by atomic mass is 16.4. The second-order valence-electron chi connectivity index (χ2n) is 5.77. The molecule has 3 heterocycles. The first kappa shape index (κ1) is 13.2. The molecule has 1 aliphatic heterocycles. The highest BCUT2D eigenvalue weighted by Gasteiger charge is 2.28.